The summed E-state index contributed by atoms with van der Waals surface area (Å²) in [5.41, 5.74) is 0. The first kappa shape index (κ1) is 27.4. The number of alkyl halides is 1. The van der Waals surface area contributed by atoms with E-state index in [0.717, 1.165) is 0 Å². The standard InChI is InChI=1S/C3H7ClO.2Ca.H4O7P2/c4-2-1-3-5;;;1-8(2,3)7-9(4,5)6/h5H,1-3H2;;;(H2,1,2,3)(H2,4,5,6)/q;2*+2;/p-4. The van der Waals surface area contributed by atoms with Gasteiger partial charge in [0.2, 0.25) is 0 Å². The molecule has 8 nitrogen and oxygen atoms in total. The van der Waals surface area contributed by atoms with E-state index in [-0.39, 0.29) is 82.1 Å². The zero-order chi connectivity index (χ0) is 11.8. The number of aliphatic hydroxyl groups excluding tert-OH is 1. The summed E-state index contributed by atoms with van der Waals surface area (Å²) in [6.07, 6.45) is 0.710. The molecule has 0 saturated heterocycles. The van der Waals surface area contributed by atoms with Gasteiger partial charge in [0.05, 0.1) is 15.6 Å². The Morgan fingerprint density at radius 3 is 1.38 bits per heavy atom. The smallest absolute Gasteiger partial charge is 0.790 e. The van der Waals surface area contributed by atoms with Crippen LogP contribution < -0.4 is 19.6 Å². The molecule has 0 unspecified atom stereocenters. The van der Waals surface area contributed by atoms with Gasteiger partial charge in [-0.05, 0) is 6.42 Å². The van der Waals surface area contributed by atoms with E-state index < -0.39 is 15.6 Å². The van der Waals surface area contributed by atoms with Crippen molar-refractivity contribution in [3.63, 3.8) is 0 Å². The van der Waals surface area contributed by atoms with E-state index in [0.29, 0.717) is 12.3 Å². The molecule has 88 valence electrons. The molecule has 13 heteroatoms. The molecule has 0 heterocycles. The van der Waals surface area contributed by atoms with Crippen molar-refractivity contribution in [2.24, 2.45) is 0 Å². The average molecular weight is 349 g/mol. The van der Waals surface area contributed by atoms with Crippen molar-refractivity contribution in [1.82, 2.24) is 0 Å². The van der Waals surface area contributed by atoms with Crippen LogP contribution in [0.1, 0.15) is 6.42 Å². The van der Waals surface area contributed by atoms with Gasteiger partial charge in [0.15, 0.2) is 0 Å². The third-order valence-corrected chi connectivity index (χ3v) is 2.36. The van der Waals surface area contributed by atoms with Crippen molar-refractivity contribution in [3.8, 4) is 0 Å². The van der Waals surface area contributed by atoms with Crippen molar-refractivity contribution in [2.45, 2.75) is 6.42 Å². The van der Waals surface area contributed by atoms with Gasteiger partial charge in [-0.3, -0.25) is 0 Å². The third kappa shape index (κ3) is 36.0. The van der Waals surface area contributed by atoms with Crippen molar-refractivity contribution < 1.29 is 38.1 Å². The molecule has 0 rings (SSSR count). The maximum absolute atomic E-state index is 9.32. The normalized spacial score (nSPS) is 10.4. The molecular weight excluding hydrogens is 342 g/mol. The third-order valence-electron chi connectivity index (χ3n) is 0.492. The number of hydrogen-bond acceptors (Lipinski definition) is 8. The minimum atomic E-state index is -5.68. The first-order valence-corrected chi connectivity index (χ1v) is 6.50. The van der Waals surface area contributed by atoms with Gasteiger partial charge in [0.1, 0.15) is 0 Å². The Morgan fingerprint density at radius 2 is 1.38 bits per heavy atom. The Kier molecular flexibility index (Phi) is 24.7. The van der Waals surface area contributed by atoms with Crippen LogP contribution in [0.2, 0.25) is 0 Å². The fraction of sp³-hybridized carbons (Fsp3) is 1.00. The predicted octanol–water partition coefficient (Wildman–Crippen LogP) is -3.49. The molecule has 0 aromatic carbocycles. The minimum Gasteiger partial charge on any atom is -0.790 e. The summed E-state index contributed by atoms with van der Waals surface area (Å²) in [5, 5.41) is 7.98. The summed E-state index contributed by atoms with van der Waals surface area (Å²) in [7, 11) is -11.4. The Balaban J connectivity index is -0.0000000904. The minimum absolute atomic E-state index is 0. The molecule has 0 aromatic heterocycles. The van der Waals surface area contributed by atoms with Gasteiger partial charge in [-0.25, -0.2) is 0 Å². The zero-order valence-corrected chi connectivity index (χ0v) is 15.1. The summed E-state index contributed by atoms with van der Waals surface area (Å²) in [4.78, 5) is 37.3. The fourth-order valence-corrected chi connectivity index (χ4v) is 1.28. The van der Waals surface area contributed by atoms with Crippen LogP contribution in [0.15, 0.2) is 0 Å². The molecule has 16 heavy (non-hydrogen) atoms. The van der Waals surface area contributed by atoms with E-state index in [1.54, 1.807) is 0 Å². The van der Waals surface area contributed by atoms with E-state index >= 15 is 0 Å². The molecular formula is C3H7Ca2ClO8P2. The van der Waals surface area contributed by atoms with Crippen molar-refractivity contribution in [3.05, 3.63) is 0 Å². The zero-order valence-electron chi connectivity index (χ0n) is 8.11. The van der Waals surface area contributed by atoms with Gasteiger partial charge in [-0.2, -0.15) is 0 Å². The van der Waals surface area contributed by atoms with Crippen LogP contribution in [0.3, 0.4) is 0 Å². The van der Waals surface area contributed by atoms with Crippen molar-refractivity contribution >= 4 is 103 Å². The number of halogens is 1. The Bertz CT molecular complexity index is 205. The summed E-state index contributed by atoms with van der Waals surface area (Å²) >= 11 is 5.14. The fourth-order valence-electron chi connectivity index (χ4n) is 0.182. The first-order chi connectivity index (χ1) is 6.12. The van der Waals surface area contributed by atoms with E-state index in [9.17, 15) is 28.7 Å². The van der Waals surface area contributed by atoms with Crippen LogP contribution in [0.4, 0.5) is 0 Å². The van der Waals surface area contributed by atoms with Crippen molar-refractivity contribution in [1.29, 1.82) is 0 Å². The molecule has 0 fully saturated rings. The van der Waals surface area contributed by atoms with Gasteiger partial charge < -0.3 is 38.1 Å². The van der Waals surface area contributed by atoms with Crippen LogP contribution in [0, 0.1) is 0 Å². The molecule has 0 aliphatic rings. The van der Waals surface area contributed by atoms with Gasteiger partial charge in [0, 0.05) is 12.5 Å². The second kappa shape index (κ2) is 14.4. The maximum atomic E-state index is 9.32. The molecule has 0 aromatic rings. The second-order valence-corrected chi connectivity index (χ2v) is 4.56. The molecule has 0 aliphatic heterocycles. The van der Waals surface area contributed by atoms with E-state index in [4.69, 9.17) is 16.7 Å². The molecule has 0 atom stereocenters. The van der Waals surface area contributed by atoms with Crippen LogP contribution >= 0.6 is 27.2 Å². The Labute approximate surface area is 157 Å². The number of phosphoric acid groups is 2. The molecule has 0 radical (unpaired) electrons. The van der Waals surface area contributed by atoms with Crippen LogP contribution in [0.5, 0.6) is 0 Å². The number of rotatable bonds is 4. The van der Waals surface area contributed by atoms with E-state index in [1.807, 2.05) is 0 Å². The van der Waals surface area contributed by atoms with E-state index in [1.165, 1.54) is 0 Å². The molecule has 0 spiro atoms. The molecule has 0 amide bonds. The van der Waals surface area contributed by atoms with Crippen LogP contribution in [-0.4, -0.2) is 93.1 Å². The molecule has 1 N–H and O–H groups in total. The maximum Gasteiger partial charge on any atom is 2.00 e. The Morgan fingerprint density at radius 1 is 1.06 bits per heavy atom. The second-order valence-electron chi connectivity index (χ2n) is 1.74. The number of aliphatic hydroxyl groups is 1. The summed E-state index contributed by atoms with van der Waals surface area (Å²) in [6, 6.07) is 0. The van der Waals surface area contributed by atoms with Gasteiger partial charge in [-0.1, -0.05) is 0 Å². The molecule has 0 bridgehead atoms. The van der Waals surface area contributed by atoms with E-state index in [2.05, 4.69) is 4.31 Å². The monoisotopic (exact) mass is 348 g/mol. The summed E-state index contributed by atoms with van der Waals surface area (Å²) in [6.45, 7) is 0.212. The molecule has 0 aliphatic carbocycles. The van der Waals surface area contributed by atoms with Gasteiger partial charge in [-0.15, -0.1) is 11.6 Å². The Hall–Kier alpha value is 3.03. The average Bonchev–Trinajstić information content (AvgIpc) is 1.81. The van der Waals surface area contributed by atoms with Gasteiger partial charge in [0.25, 0.3) is 0 Å². The number of hydrogen-bond donors (Lipinski definition) is 1. The van der Waals surface area contributed by atoms with Crippen molar-refractivity contribution in [2.75, 3.05) is 12.5 Å². The quantitative estimate of drug-likeness (QED) is 0.311. The van der Waals surface area contributed by atoms with Crippen LogP contribution in [-0.2, 0) is 13.4 Å². The first-order valence-electron chi connectivity index (χ1n) is 3.04. The summed E-state index contributed by atoms with van der Waals surface area (Å²) in [5.74, 6) is 0.566. The largest absolute Gasteiger partial charge is 2.00 e. The SMILES string of the molecule is O=P([O-])([O-])OP(=O)([O-])[O-].OCCCCl.[Ca+2].[Ca+2]. The predicted molar refractivity (Wildman–Crippen MR) is 50.2 cm³/mol. The topological polar surface area (TPSA) is 156 Å². The van der Waals surface area contributed by atoms with Gasteiger partial charge >= 0.3 is 75.5 Å². The van der Waals surface area contributed by atoms with Crippen LogP contribution in [0.25, 0.3) is 0 Å². The molecule has 0 saturated carbocycles. The summed E-state index contributed by atoms with van der Waals surface area (Å²) < 4.78 is 21.2.